The average Bonchev–Trinajstić information content (AvgIpc) is 3.20. The van der Waals surface area contributed by atoms with E-state index in [9.17, 15) is 19.0 Å². The molecule has 0 saturated heterocycles. The fourth-order valence-corrected chi connectivity index (χ4v) is 6.04. The number of phosphoric ester groups is 1. The van der Waals surface area contributed by atoms with Crippen molar-refractivity contribution in [2.75, 3.05) is 26.4 Å². The zero-order valence-corrected chi connectivity index (χ0v) is 36.4. The SMILES string of the molecule is CC/C=C/C/C=C/C/C=C/C/C=C/C/C=C/C/C=C/CCC(=O)OC[C@H](COP(=O)(O)OCCN)OC(=O)CCCCCCCCC/C=C/C/C=C/CCCCC. The van der Waals surface area contributed by atoms with Gasteiger partial charge in [-0.05, 0) is 83.5 Å². The first-order chi connectivity index (χ1) is 27.8. The van der Waals surface area contributed by atoms with Crippen LogP contribution in [0.15, 0.2) is 97.2 Å². The Morgan fingerprint density at radius 2 is 1.00 bits per heavy atom. The summed E-state index contributed by atoms with van der Waals surface area (Å²) in [4.78, 5) is 34.8. The predicted octanol–water partition coefficient (Wildman–Crippen LogP) is 12.6. The van der Waals surface area contributed by atoms with E-state index in [0.29, 0.717) is 12.8 Å². The third-order valence-corrected chi connectivity index (χ3v) is 9.45. The minimum Gasteiger partial charge on any atom is -0.462 e. The van der Waals surface area contributed by atoms with Gasteiger partial charge in [0.05, 0.1) is 13.2 Å². The summed E-state index contributed by atoms with van der Waals surface area (Å²) < 4.78 is 32.7. The van der Waals surface area contributed by atoms with Crippen LogP contribution in [0.5, 0.6) is 0 Å². The van der Waals surface area contributed by atoms with Crippen molar-refractivity contribution in [3.63, 3.8) is 0 Å². The maximum absolute atomic E-state index is 12.6. The predicted molar refractivity (Wildman–Crippen MR) is 238 cm³/mol. The Bertz CT molecular complexity index is 1250. The number of unbranched alkanes of at least 4 members (excludes halogenated alkanes) is 10. The zero-order valence-electron chi connectivity index (χ0n) is 35.5. The maximum atomic E-state index is 12.6. The first-order valence-electron chi connectivity index (χ1n) is 21.7. The van der Waals surface area contributed by atoms with Crippen LogP contribution in [0.1, 0.15) is 155 Å². The number of carbonyl (C=O) groups excluding carboxylic acids is 2. The van der Waals surface area contributed by atoms with Crippen LogP contribution in [0.3, 0.4) is 0 Å². The third kappa shape index (κ3) is 42.4. The first-order valence-corrected chi connectivity index (χ1v) is 23.2. The summed E-state index contributed by atoms with van der Waals surface area (Å²) in [6.45, 7) is 3.47. The van der Waals surface area contributed by atoms with Gasteiger partial charge in [-0.15, -0.1) is 0 Å². The Hall–Kier alpha value is -3.07. The average molecular weight is 816 g/mol. The molecule has 9 nitrogen and oxygen atoms in total. The van der Waals surface area contributed by atoms with Crippen molar-refractivity contribution >= 4 is 19.8 Å². The van der Waals surface area contributed by atoms with Gasteiger partial charge in [-0.25, -0.2) is 4.57 Å². The van der Waals surface area contributed by atoms with Crippen molar-refractivity contribution < 1.29 is 37.6 Å². The molecule has 0 aliphatic rings. The summed E-state index contributed by atoms with van der Waals surface area (Å²) in [5, 5.41) is 0. The van der Waals surface area contributed by atoms with Crippen molar-refractivity contribution in [3.8, 4) is 0 Å². The lowest BCUT2D eigenvalue weighted by atomic mass is 10.1. The Balaban J connectivity index is 4.31. The molecular formula is C47H78NO8P. The summed E-state index contributed by atoms with van der Waals surface area (Å²) in [7, 11) is -4.40. The van der Waals surface area contributed by atoms with Gasteiger partial charge >= 0.3 is 19.8 Å². The molecule has 0 amide bonds. The van der Waals surface area contributed by atoms with Crippen LogP contribution in [-0.2, 0) is 32.7 Å². The first kappa shape index (κ1) is 53.9. The fourth-order valence-electron chi connectivity index (χ4n) is 5.28. The van der Waals surface area contributed by atoms with Crippen LogP contribution >= 0.6 is 7.82 Å². The van der Waals surface area contributed by atoms with Gasteiger partial charge in [-0.1, -0.05) is 156 Å². The van der Waals surface area contributed by atoms with Gasteiger partial charge in [0.25, 0.3) is 0 Å². The molecule has 3 N–H and O–H groups in total. The normalized spacial score (nSPS) is 14.2. The number of hydrogen-bond acceptors (Lipinski definition) is 8. The molecule has 2 atom stereocenters. The molecule has 0 aromatic heterocycles. The highest BCUT2D eigenvalue weighted by atomic mass is 31.2. The number of carbonyl (C=O) groups is 2. The summed E-state index contributed by atoms with van der Waals surface area (Å²) in [6.07, 6.45) is 54.5. The highest BCUT2D eigenvalue weighted by Crippen LogP contribution is 2.43. The number of phosphoric acid groups is 1. The number of hydrogen-bond donors (Lipinski definition) is 2. The molecule has 0 aromatic rings. The molecule has 0 aliphatic carbocycles. The van der Waals surface area contributed by atoms with E-state index in [-0.39, 0.29) is 32.6 Å². The zero-order chi connectivity index (χ0) is 41.8. The molecule has 0 saturated carbocycles. The molecule has 0 rings (SSSR count). The summed E-state index contributed by atoms with van der Waals surface area (Å²) in [6, 6.07) is 0. The standard InChI is InChI=1S/C47H78NO8P/c1-3-5-7-9-11-13-15-17-19-21-22-24-25-27-29-31-33-35-37-39-46(49)53-43-45(44-55-57(51,52)54-42-41-48)56-47(50)40-38-36-34-32-30-28-26-23-20-18-16-14-12-10-8-6-4-2/h5,7,11-14,17-20,22,24,27,29,33,35,45H,3-4,6,8-10,15-16,21,23,25-26,28,30-32,34,36-44,48H2,1-2H3,(H,51,52)/b7-5+,13-11+,14-12+,19-17+,20-18+,24-22+,29-27+,35-33+/t45-/m1/s1. The van der Waals surface area contributed by atoms with E-state index in [4.69, 9.17) is 24.3 Å². The topological polar surface area (TPSA) is 134 Å². The van der Waals surface area contributed by atoms with Crippen LogP contribution in [-0.4, -0.2) is 49.3 Å². The highest BCUT2D eigenvalue weighted by molar-refractivity contribution is 7.47. The molecule has 0 spiro atoms. The molecule has 0 aromatic carbocycles. The summed E-state index contributed by atoms with van der Waals surface area (Å²) >= 11 is 0. The Morgan fingerprint density at radius 1 is 0.544 bits per heavy atom. The molecule has 0 bridgehead atoms. The molecule has 0 aliphatic heterocycles. The van der Waals surface area contributed by atoms with Gasteiger partial charge in [0.2, 0.25) is 0 Å². The van der Waals surface area contributed by atoms with Gasteiger partial charge in [-0.2, -0.15) is 0 Å². The van der Waals surface area contributed by atoms with Crippen molar-refractivity contribution in [3.05, 3.63) is 97.2 Å². The van der Waals surface area contributed by atoms with Crippen molar-refractivity contribution in [1.29, 1.82) is 0 Å². The molecule has 0 heterocycles. The molecule has 0 radical (unpaired) electrons. The minimum atomic E-state index is -4.40. The smallest absolute Gasteiger partial charge is 0.462 e. The van der Waals surface area contributed by atoms with E-state index in [0.717, 1.165) is 70.6 Å². The second kappa shape index (κ2) is 42.5. The van der Waals surface area contributed by atoms with E-state index < -0.39 is 32.5 Å². The van der Waals surface area contributed by atoms with Gasteiger partial charge < -0.3 is 20.1 Å². The van der Waals surface area contributed by atoms with Crippen molar-refractivity contribution in [2.45, 2.75) is 161 Å². The quantitative estimate of drug-likeness (QED) is 0.0269. The third-order valence-electron chi connectivity index (χ3n) is 8.47. The largest absolute Gasteiger partial charge is 0.472 e. The molecule has 10 heteroatoms. The lowest BCUT2D eigenvalue weighted by Crippen LogP contribution is -2.29. The van der Waals surface area contributed by atoms with Gasteiger partial charge in [0.1, 0.15) is 6.61 Å². The molecule has 57 heavy (non-hydrogen) atoms. The van der Waals surface area contributed by atoms with Gasteiger partial charge in [0.15, 0.2) is 6.10 Å². The van der Waals surface area contributed by atoms with Crippen LogP contribution < -0.4 is 5.73 Å². The number of esters is 2. The van der Waals surface area contributed by atoms with E-state index >= 15 is 0 Å². The molecule has 324 valence electrons. The molecular weight excluding hydrogens is 737 g/mol. The lowest BCUT2D eigenvalue weighted by Gasteiger charge is -2.19. The Kier molecular flexibility index (Phi) is 40.2. The van der Waals surface area contributed by atoms with Crippen LogP contribution in [0, 0.1) is 0 Å². The summed E-state index contributed by atoms with van der Waals surface area (Å²) in [5.41, 5.74) is 5.34. The van der Waals surface area contributed by atoms with Gasteiger partial charge in [-0.3, -0.25) is 18.6 Å². The second-order valence-corrected chi connectivity index (χ2v) is 15.3. The van der Waals surface area contributed by atoms with Crippen LogP contribution in [0.2, 0.25) is 0 Å². The lowest BCUT2D eigenvalue weighted by molar-refractivity contribution is -0.161. The van der Waals surface area contributed by atoms with E-state index in [1.165, 1.54) is 44.9 Å². The second-order valence-electron chi connectivity index (χ2n) is 13.8. The van der Waals surface area contributed by atoms with Crippen LogP contribution in [0.25, 0.3) is 0 Å². The number of ether oxygens (including phenoxy) is 2. The maximum Gasteiger partial charge on any atom is 0.472 e. The molecule has 0 fully saturated rings. The van der Waals surface area contributed by atoms with E-state index in [2.05, 4.69) is 98.9 Å². The fraction of sp³-hybridized carbons (Fsp3) is 0.617. The number of nitrogens with two attached hydrogens (primary N) is 1. The Labute approximate surface area is 346 Å². The number of rotatable bonds is 39. The van der Waals surface area contributed by atoms with E-state index in [1.54, 1.807) is 0 Å². The monoisotopic (exact) mass is 816 g/mol. The molecule has 1 unspecified atom stereocenters. The van der Waals surface area contributed by atoms with E-state index in [1.807, 2.05) is 12.2 Å². The van der Waals surface area contributed by atoms with Gasteiger partial charge in [0, 0.05) is 19.4 Å². The Morgan fingerprint density at radius 3 is 1.51 bits per heavy atom. The minimum absolute atomic E-state index is 0.0371. The summed E-state index contributed by atoms with van der Waals surface area (Å²) in [5.74, 6) is -0.945. The highest BCUT2D eigenvalue weighted by Gasteiger charge is 2.25. The van der Waals surface area contributed by atoms with Crippen molar-refractivity contribution in [1.82, 2.24) is 0 Å². The number of allylic oxidation sites excluding steroid dienone is 16. The van der Waals surface area contributed by atoms with Crippen molar-refractivity contribution in [2.24, 2.45) is 5.73 Å². The van der Waals surface area contributed by atoms with Crippen LogP contribution in [0.4, 0.5) is 0 Å².